The molecule has 9 heteroatoms. The molecule has 2 aliphatic heterocycles. The Morgan fingerprint density at radius 1 is 1.17 bits per heavy atom. The van der Waals surface area contributed by atoms with Crippen LogP contribution in [0.4, 0.5) is 10.5 Å². The highest BCUT2D eigenvalue weighted by molar-refractivity contribution is 6.35. The minimum atomic E-state index is -0.640. The lowest BCUT2D eigenvalue weighted by Gasteiger charge is -2.42. The summed E-state index contributed by atoms with van der Waals surface area (Å²) in [7, 11) is 0. The van der Waals surface area contributed by atoms with Gasteiger partial charge in [-0.1, -0.05) is 23.2 Å². The van der Waals surface area contributed by atoms with Gasteiger partial charge in [0.2, 0.25) is 11.8 Å². The molecule has 0 spiro atoms. The van der Waals surface area contributed by atoms with E-state index in [4.69, 9.17) is 23.2 Å². The summed E-state index contributed by atoms with van der Waals surface area (Å²) in [6.07, 6.45) is 0. The van der Waals surface area contributed by atoms with Gasteiger partial charge in [-0.15, -0.1) is 0 Å². The number of nitrogens with one attached hydrogen (secondary N) is 2. The van der Waals surface area contributed by atoms with E-state index in [2.05, 4.69) is 10.6 Å². The van der Waals surface area contributed by atoms with E-state index >= 15 is 0 Å². The van der Waals surface area contributed by atoms with Crippen LogP contribution in [0.3, 0.4) is 0 Å². The Morgan fingerprint density at radius 2 is 1.87 bits per heavy atom. The molecule has 0 bridgehead atoms. The summed E-state index contributed by atoms with van der Waals surface area (Å²) in [6.45, 7) is 0.858. The number of halogens is 2. The summed E-state index contributed by atoms with van der Waals surface area (Å²) in [5, 5.41) is 6.05. The number of carbonyl (C=O) groups excluding carboxylic acids is 3. The standard InChI is InChI=1S/C14H14Cl2N4O3/c15-8-3-9(16)5-10(4-8)18-14(23)19-1-2-20-11(7-19)13(22)17-6-12(20)21/h3-5,11H,1-2,6-7H2,(H,17,22)(H,18,23). The lowest BCUT2D eigenvalue weighted by atomic mass is 10.1. The molecule has 1 aromatic rings. The fourth-order valence-electron chi connectivity index (χ4n) is 2.70. The van der Waals surface area contributed by atoms with Gasteiger partial charge < -0.3 is 20.4 Å². The van der Waals surface area contributed by atoms with E-state index in [9.17, 15) is 14.4 Å². The Balaban J connectivity index is 1.69. The average Bonchev–Trinajstić information content (AvgIpc) is 2.49. The van der Waals surface area contributed by atoms with Crippen LogP contribution >= 0.6 is 23.2 Å². The topological polar surface area (TPSA) is 81.8 Å². The SMILES string of the molecule is O=C1NCC(=O)N2CCN(C(=O)Nc3cc(Cl)cc(Cl)c3)CC12. The molecule has 7 nitrogen and oxygen atoms in total. The Bertz CT molecular complexity index is 662. The summed E-state index contributed by atoms with van der Waals surface area (Å²) >= 11 is 11.8. The van der Waals surface area contributed by atoms with E-state index in [0.29, 0.717) is 28.8 Å². The number of fused-ring (bicyclic) bond motifs is 1. The molecule has 1 unspecified atom stereocenters. The Labute approximate surface area is 142 Å². The average molecular weight is 357 g/mol. The monoisotopic (exact) mass is 356 g/mol. The molecular weight excluding hydrogens is 343 g/mol. The number of piperazine rings is 2. The van der Waals surface area contributed by atoms with Crippen LogP contribution in [-0.4, -0.2) is 59.9 Å². The molecule has 0 saturated carbocycles. The maximum atomic E-state index is 12.3. The predicted octanol–water partition coefficient (Wildman–Crippen LogP) is 1.17. The number of nitrogens with zero attached hydrogens (tertiary/aromatic N) is 2. The lowest BCUT2D eigenvalue weighted by Crippen LogP contribution is -2.66. The molecular formula is C14H14Cl2N4O3. The van der Waals surface area contributed by atoms with Gasteiger partial charge in [-0.3, -0.25) is 9.59 Å². The molecule has 4 amide bonds. The molecule has 2 saturated heterocycles. The predicted molar refractivity (Wildman–Crippen MR) is 85.6 cm³/mol. The fourth-order valence-corrected chi connectivity index (χ4v) is 3.23. The van der Waals surface area contributed by atoms with Crippen LogP contribution in [0, 0.1) is 0 Å². The van der Waals surface area contributed by atoms with E-state index in [1.807, 2.05) is 0 Å². The van der Waals surface area contributed by atoms with Gasteiger partial charge in [0, 0.05) is 28.8 Å². The number of amides is 4. The van der Waals surface area contributed by atoms with Crippen molar-refractivity contribution >= 4 is 46.7 Å². The van der Waals surface area contributed by atoms with Crippen molar-refractivity contribution in [3.05, 3.63) is 28.2 Å². The highest BCUT2D eigenvalue weighted by atomic mass is 35.5. The van der Waals surface area contributed by atoms with Crippen LogP contribution in [0.5, 0.6) is 0 Å². The molecule has 2 aliphatic rings. The molecule has 3 rings (SSSR count). The number of anilines is 1. The van der Waals surface area contributed by atoms with Crippen molar-refractivity contribution in [2.75, 3.05) is 31.5 Å². The van der Waals surface area contributed by atoms with E-state index in [-0.39, 0.29) is 30.9 Å². The van der Waals surface area contributed by atoms with Crippen molar-refractivity contribution in [3.8, 4) is 0 Å². The molecule has 122 valence electrons. The zero-order valence-corrected chi connectivity index (χ0v) is 13.5. The van der Waals surface area contributed by atoms with Gasteiger partial charge in [0.25, 0.3) is 0 Å². The van der Waals surface area contributed by atoms with Gasteiger partial charge in [-0.05, 0) is 18.2 Å². The maximum Gasteiger partial charge on any atom is 0.321 e. The highest BCUT2D eigenvalue weighted by Crippen LogP contribution is 2.23. The summed E-state index contributed by atoms with van der Waals surface area (Å²) in [5.74, 6) is -0.371. The van der Waals surface area contributed by atoms with Crippen molar-refractivity contribution in [1.82, 2.24) is 15.1 Å². The van der Waals surface area contributed by atoms with E-state index in [1.54, 1.807) is 18.2 Å². The number of benzene rings is 1. The fraction of sp³-hybridized carbons (Fsp3) is 0.357. The normalized spacial score (nSPS) is 20.9. The van der Waals surface area contributed by atoms with E-state index in [1.165, 1.54) is 9.80 Å². The first-order valence-electron chi connectivity index (χ1n) is 7.03. The minimum absolute atomic E-state index is 0.0164. The second-order valence-electron chi connectivity index (χ2n) is 5.36. The van der Waals surface area contributed by atoms with Crippen molar-refractivity contribution in [2.45, 2.75) is 6.04 Å². The third-order valence-electron chi connectivity index (χ3n) is 3.82. The zero-order valence-electron chi connectivity index (χ0n) is 12.0. The van der Waals surface area contributed by atoms with Crippen molar-refractivity contribution in [1.29, 1.82) is 0 Å². The summed E-state index contributed by atoms with van der Waals surface area (Å²) < 4.78 is 0. The molecule has 0 aliphatic carbocycles. The number of urea groups is 1. The van der Waals surface area contributed by atoms with Crippen molar-refractivity contribution in [2.24, 2.45) is 0 Å². The van der Waals surface area contributed by atoms with Crippen molar-refractivity contribution < 1.29 is 14.4 Å². The third kappa shape index (κ3) is 3.35. The smallest absolute Gasteiger partial charge is 0.321 e. The van der Waals surface area contributed by atoms with Crippen molar-refractivity contribution in [3.63, 3.8) is 0 Å². The molecule has 2 fully saturated rings. The van der Waals surface area contributed by atoms with E-state index < -0.39 is 6.04 Å². The van der Waals surface area contributed by atoms with Gasteiger partial charge in [0.1, 0.15) is 6.04 Å². The number of rotatable bonds is 1. The van der Waals surface area contributed by atoms with Crippen LogP contribution in [0.1, 0.15) is 0 Å². The van der Waals surface area contributed by atoms with Crippen LogP contribution in [0.25, 0.3) is 0 Å². The number of carbonyl (C=O) groups is 3. The highest BCUT2D eigenvalue weighted by Gasteiger charge is 2.39. The quantitative estimate of drug-likeness (QED) is 0.792. The van der Waals surface area contributed by atoms with Crippen LogP contribution < -0.4 is 10.6 Å². The molecule has 1 atom stereocenters. The summed E-state index contributed by atoms with van der Waals surface area (Å²) in [4.78, 5) is 39.0. The van der Waals surface area contributed by atoms with Crippen LogP contribution in [-0.2, 0) is 9.59 Å². The number of hydrogen-bond donors (Lipinski definition) is 2. The molecule has 1 aromatic carbocycles. The zero-order chi connectivity index (χ0) is 16.6. The van der Waals surface area contributed by atoms with Gasteiger partial charge in [0.05, 0.1) is 13.1 Å². The van der Waals surface area contributed by atoms with Gasteiger partial charge in [-0.2, -0.15) is 0 Å². The first-order chi connectivity index (χ1) is 10.9. The lowest BCUT2D eigenvalue weighted by molar-refractivity contribution is -0.148. The molecule has 0 radical (unpaired) electrons. The Kier molecular flexibility index (Phi) is 4.32. The Morgan fingerprint density at radius 3 is 2.57 bits per heavy atom. The summed E-state index contributed by atoms with van der Waals surface area (Å²) in [6, 6.07) is 3.72. The van der Waals surface area contributed by atoms with Crippen LogP contribution in [0.15, 0.2) is 18.2 Å². The minimum Gasteiger partial charge on any atom is -0.345 e. The molecule has 2 N–H and O–H groups in total. The number of hydrogen-bond acceptors (Lipinski definition) is 3. The second-order valence-corrected chi connectivity index (χ2v) is 6.23. The molecule has 23 heavy (non-hydrogen) atoms. The van der Waals surface area contributed by atoms with E-state index in [0.717, 1.165) is 0 Å². The maximum absolute atomic E-state index is 12.3. The first kappa shape index (κ1) is 15.9. The molecule has 2 heterocycles. The summed E-state index contributed by atoms with van der Waals surface area (Å²) in [5.41, 5.74) is 0.471. The molecule has 0 aromatic heterocycles. The van der Waals surface area contributed by atoms with Crippen LogP contribution in [0.2, 0.25) is 10.0 Å². The van der Waals surface area contributed by atoms with Gasteiger partial charge in [-0.25, -0.2) is 4.79 Å². The van der Waals surface area contributed by atoms with Gasteiger partial charge >= 0.3 is 6.03 Å². The largest absolute Gasteiger partial charge is 0.345 e. The Hall–Kier alpha value is -1.99. The van der Waals surface area contributed by atoms with Gasteiger partial charge in [0.15, 0.2) is 0 Å². The third-order valence-corrected chi connectivity index (χ3v) is 4.25. The second kappa shape index (κ2) is 6.25. The first-order valence-corrected chi connectivity index (χ1v) is 7.79.